The van der Waals surface area contributed by atoms with Gasteiger partial charge in [0.25, 0.3) is 0 Å². The fourth-order valence-corrected chi connectivity index (χ4v) is 1.67. The van der Waals surface area contributed by atoms with Crippen molar-refractivity contribution < 1.29 is 4.39 Å². The van der Waals surface area contributed by atoms with Crippen molar-refractivity contribution >= 4 is 0 Å². The average molecular weight is 185 g/mol. The second kappa shape index (κ2) is 4.23. The third kappa shape index (κ3) is 3.90. The van der Waals surface area contributed by atoms with Crippen LogP contribution in [0.2, 0.25) is 0 Å². The Morgan fingerprint density at radius 3 is 2.46 bits per heavy atom. The maximum atomic E-state index is 11.8. The second-order valence-electron chi connectivity index (χ2n) is 4.92. The molecule has 0 bridgehead atoms. The van der Waals surface area contributed by atoms with Crippen molar-refractivity contribution in [3.05, 3.63) is 11.6 Å². The van der Waals surface area contributed by atoms with Crippen LogP contribution in [0.1, 0.15) is 27.2 Å². The molecule has 0 radical (unpaired) electrons. The van der Waals surface area contributed by atoms with E-state index in [1.807, 2.05) is 0 Å². The molecule has 0 aromatic rings. The Balaban J connectivity index is 2.21. The lowest BCUT2D eigenvalue weighted by molar-refractivity contribution is 0.234. The van der Waals surface area contributed by atoms with Crippen molar-refractivity contribution in [1.82, 2.24) is 4.90 Å². The van der Waals surface area contributed by atoms with E-state index >= 15 is 0 Å². The minimum Gasteiger partial charge on any atom is -0.295 e. The lowest BCUT2D eigenvalue weighted by Gasteiger charge is -2.35. The number of likely N-dealkylation sites (tertiary alicyclic amines) is 1. The first-order chi connectivity index (χ1) is 6.01. The molecule has 1 heterocycles. The summed E-state index contributed by atoms with van der Waals surface area (Å²) in [5.41, 5.74) is 1.80. The number of nitrogens with zero attached hydrogens (tertiary/aromatic N) is 1. The van der Waals surface area contributed by atoms with Gasteiger partial charge in [-0.05, 0) is 17.4 Å². The van der Waals surface area contributed by atoms with Gasteiger partial charge >= 0.3 is 0 Å². The third-order valence-electron chi connectivity index (χ3n) is 2.10. The van der Waals surface area contributed by atoms with Crippen LogP contribution in [0.25, 0.3) is 0 Å². The predicted molar refractivity (Wildman–Crippen MR) is 54.6 cm³/mol. The summed E-state index contributed by atoms with van der Waals surface area (Å²) in [7, 11) is 0. The standard InChI is InChI=1S/C11H20FN/c1-11(2,3)7-10-8-13(9-10)6-4-5-12/h7H,4-6,8-9H2,1-3H3. The van der Waals surface area contributed by atoms with E-state index in [2.05, 4.69) is 31.7 Å². The Morgan fingerprint density at radius 1 is 1.38 bits per heavy atom. The first kappa shape index (κ1) is 10.7. The monoisotopic (exact) mass is 185 g/mol. The molecular weight excluding hydrogens is 165 g/mol. The number of halogens is 1. The van der Waals surface area contributed by atoms with E-state index in [4.69, 9.17) is 0 Å². The number of alkyl halides is 1. The van der Waals surface area contributed by atoms with Crippen LogP contribution >= 0.6 is 0 Å². The molecule has 0 spiro atoms. The molecule has 1 aliphatic heterocycles. The fourth-order valence-electron chi connectivity index (χ4n) is 1.67. The van der Waals surface area contributed by atoms with Gasteiger partial charge in [0.05, 0.1) is 6.67 Å². The van der Waals surface area contributed by atoms with E-state index in [0.29, 0.717) is 11.8 Å². The minimum atomic E-state index is -0.186. The first-order valence-electron chi connectivity index (χ1n) is 5.00. The number of allylic oxidation sites excluding steroid dienone is 1. The molecule has 76 valence electrons. The molecule has 0 aromatic heterocycles. The Kier molecular flexibility index (Phi) is 3.48. The zero-order chi connectivity index (χ0) is 9.90. The van der Waals surface area contributed by atoms with Crippen molar-refractivity contribution in [3.8, 4) is 0 Å². The molecule has 2 heteroatoms. The van der Waals surface area contributed by atoms with Gasteiger partial charge in [-0.3, -0.25) is 9.29 Å². The predicted octanol–water partition coefficient (Wildman–Crippen LogP) is 2.63. The molecule has 1 fully saturated rings. The van der Waals surface area contributed by atoms with Gasteiger partial charge in [0.2, 0.25) is 0 Å². The van der Waals surface area contributed by atoms with Gasteiger partial charge in [0, 0.05) is 19.6 Å². The molecule has 1 rings (SSSR count). The largest absolute Gasteiger partial charge is 0.295 e. The normalized spacial score (nSPS) is 18.6. The van der Waals surface area contributed by atoms with Crippen molar-refractivity contribution in [1.29, 1.82) is 0 Å². The van der Waals surface area contributed by atoms with Crippen LogP contribution in [0.15, 0.2) is 11.6 Å². The van der Waals surface area contributed by atoms with Crippen LogP contribution < -0.4 is 0 Å². The SMILES string of the molecule is CC(C)(C)C=C1CN(CCCF)C1. The van der Waals surface area contributed by atoms with E-state index in [1.165, 1.54) is 5.57 Å². The molecule has 0 saturated carbocycles. The number of hydrogen-bond donors (Lipinski definition) is 0. The lowest BCUT2D eigenvalue weighted by atomic mass is 9.91. The zero-order valence-electron chi connectivity index (χ0n) is 8.94. The molecule has 1 aliphatic rings. The van der Waals surface area contributed by atoms with Crippen LogP contribution in [0.5, 0.6) is 0 Å². The quantitative estimate of drug-likeness (QED) is 0.611. The Bertz CT molecular complexity index is 183. The molecule has 0 aliphatic carbocycles. The molecule has 0 unspecified atom stereocenters. The van der Waals surface area contributed by atoms with Gasteiger partial charge in [-0.2, -0.15) is 0 Å². The van der Waals surface area contributed by atoms with Crippen molar-refractivity contribution in [3.63, 3.8) is 0 Å². The van der Waals surface area contributed by atoms with Gasteiger partial charge in [-0.25, -0.2) is 0 Å². The topological polar surface area (TPSA) is 3.24 Å². The molecule has 13 heavy (non-hydrogen) atoms. The summed E-state index contributed by atoms with van der Waals surface area (Å²) < 4.78 is 11.8. The number of hydrogen-bond acceptors (Lipinski definition) is 1. The van der Waals surface area contributed by atoms with Gasteiger partial charge in [-0.1, -0.05) is 26.8 Å². The Morgan fingerprint density at radius 2 is 2.00 bits per heavy atom. The molecule has 0 amide bonds. The molecule has 1 nitrogen and oxygen atoms in total. The summed E-state index contributed by atoms with van der Waals surface area (Å²) in [5, 5.41) is 0. The summed E-state index contributed by atoms with van der Waals surface area (Å²) in [6.45, 7) is 9.47. The highest BCUT2D eigenvalue weighted by atomic mass is 19.1. The van der Waals surface area contributed by atoms with Crippen LogP contribution in [-0.4, -0.2) is 31.2 Å². The summed E-state index contributed by atoms with van der Waals surface area (Å²) in [6.07, 6.45) is 3.02. The van der Waals surface area contributed by atoms with E-state index in [1.54, 1.807) is 0 Å². The average Bonchev–Trinajstić information content (AvgIpc) is 1.91. The summed E-state index contributed by atoms with van der Waals surface area (Å²) in [6, 6.07) is 0. The maximum absolute atomic E-state index is 11.8. The molecule has 0 N–H and O–H groups in total. The van der Waals surface area contributed by atoms with Crippen LogP contribution in [0.4, 0.5) is 4.39 Å². The van der Waals surface area contributed by atoms with E-state index in [-0.39, 0.29) is 6.67 Å². The lowest BCUT2D eigenvalue weighted by Crippen LogP contribution is -2.41. The van der Waals surface area contributed by atoms with Crippen LogP contribution in [0.3, 0.4) is 0 Å². The van der Waals surface area contributed by atoms with Gasteiger partial charge in [0.1, 0.15) is 0 Å². The number of rotatable bonds is 3. The Hall–Kier alpha value is -0.370. The van der Waals surface area contributed by atoms with E-state index < -0.39 is 0 Å². The van der Waals surface area contributed by atoms with Crippen LogP contribution in [-0.2, 0) is 0 Å². The van der Waals surface area contributed by atoms with Gasteiger partial charge in [0.15, 0.2) is 0 Å². The summed E-state index contributed by atoms with van der Waals surface area (Å²) >= 11 is 0. The molecule has 1 saturated heterocycles. The van der Waals surface area contributed by atoms with Crippen molar-refractivity contribution in [2.24, 2.45) is 5.41 Å². The molecular formula is C11H20FN. The van der Waals surface area contributed by atoms with E-state index in [9.17, 15) is 4.39 Å². The van der Waals surface area contributed by atoms with Gasteiger partial charge in [-0.15, -0.1) is 0 Å². The highest BCUT2D eigenvalue weighted by Crippen LogP contribution is 2.23. The van der Waals surface area contributed by atoms with Gasteiger partial charge < -0.3 is 0 Å². The second-order valence-corrected chi connectivity index (χ2v) is 4.92. The zero-order valence-corrected chi connectivity index (χ0v) is 8.94. The maximum Gasteiger partial charge on any atom is 0.0906 e. The Labute approximate surface area is 80.6 Å². The minimum absolute atomic E-state index is 0.186. The highest BCUT2D eigenvalue weighted by Gasteiger charge is 2.21. The highest BCUT2D eigenvalue weighted by molar-refractivity contribution is 5.17. The fraction of sp³-hybridized carbons (Fsp3) is 0.818. The first-order valence-corrected chi connectivity index (χ1v) is 5.00. The van der Waals surface area contributed by atoms with E-state index in [0.717, 1.165) is 19.6 Å². The van der Waals surface area contributed by atoms with Crippen molar-refractivity contribution in [2.45, 2.75) is 27.2 Å². The molecule has 0 atom stereocenters. The van der Waals surface area contributed by atoms with Crippen LogP contribution in [0, 0.1) is 5.41 Å². The smallest absolute Gasteiger partial charge is 0.0906 e. The summed E-state index contributed by atoms with van der Waals surface area (Å²) in [4.78, 5) is 2.29. The van der Waals surface area contributed by atoms with Crippen molar-refractivity contribution in [2.75, 3.05) is 26.3 Å². The third-order valence-corrected chi connectivity index (χ3v) is 2.10. The molecule has 0 aromatic carbocycles. The summed E-state index contributed by atoms with van der Waals surface area (Å²) in [5.74, 6) is 0.